The Morgan fingerprint density at radius 1 is 1.30 bits per heavy atom. The molecule has 0 radical (unpaired) electrons. The zero-order valence-corrected chi connectivity index (χ0v) is 12.8. The predicted molar refractivity (Wildman–Crippen MR) is 76.8 cm³/mol. The van der Waals surface area contributed by atoms with Gasteiger partial charge in [-0.1, -0.05) is 0 Å². The van der Waals surface area contributed by atoms with Crippen LogP contribution in [0.4, 0.5) is 4.79 Å². The largest absolute Gasteiger partial charge is 0.481 e. The minimum absolute atomic E-state index is 0.105. The molecule has 3 N–H and O–H groups in total. The second-order valence-corrected chi connectivity index (χ2v) is 6.19. The van der Waals surface area contributed by atoms with Gasteiger partial charge in [-0.2, -0.15) is 0 Å². The fraction of sp³-hybridized carbons (Fsp3) is 0.846. The number of urea groups is 1. The average molecular weight is 286 g/mol. The van der Waals surface area contributed by atoms with Crippen LogP contribution in [-0.4, -0.2) is 78.8 Å². The maximum absolute atomic E-state index is 11.8. The fourth-order valence-electron chi connectivity index (χ4n) is 2.31. The summed E-state index contributed by atoms with van der Waals surface area (Å²) in [5, 5.41) is 14.3. The van der Waals surface area contributed by atoms with Gasteiger partial charge in [0.05, 0.1) is 6.42 Å². The number of carbonyl (C=O) groups is 2. The van der Waals surface area contributed by atoms with Crippen LogP contribution in [0.25, 0.3) is 0 Å². The molecule has 7 nitrogen and oxygen atoms in total. The van der Waals surface area contributed by atoms with Gasteiger partial charge in [-0.15, -0.1) is 0 Å². The van der Waals surface area contributed by atoms with Crippen LogP contribution in [0, 0.1) is 0 Å². The van der Waals surface area contributed by atoms with E-state index in [9.17, 15) is 9.59 Å². The molecule has 2 amide bonds. The Hall–Kier alpha value is -1.34. The molecule has 20 heavy (non-hydrogen) atoms. The van der Waals surface area contributed by atoms with Crippen molar-refractivity contribution in [3.63, 3.8) is 0 Å². The van der Waals surface area contributed by atoms with E-state index in [4.69, 9.17) is 5.11 Å². The molecule has 1 aliphatic heterocycles. The van der Waals surface area contributed by atoms with E-state index in [2.05, 4.69) is 27.5 Å². The molecule has 0 saturated carbocycles. The first kappa shape index (κ1) is 16.7. The molecule has 1 fully saturated rings. The van der Waals surface area contributed by atoms with Crippen molar-refractivity contribution in [2.24, 2.45) is 0 Å². The van der Waals surface area contributed by atoms with Gasteiger partial charge in [0.2, 0.25) is 0 Å². The van der Waals surface area contributed by atoms with E-state index in [1.54, 1.807) is 13.8 Å². The standard InChI is InChI=1S/C13H26N4O3/c1-13(2,7-11(18)19)15-12(20)14-8-10-9-16(3)5-6-17(10)4/h10H,5-9H2,1-4H3,(H,18,19)(H2,14,15,20). The number of amides is 2. The quantitative estimate of drug-likeness (QED) is 0.651. The van der Waals surface area contributed by atoms with Crippen molar-refractivity contribution in [2.75, 3.05) is 40.3 Å². The van der Waals surface area contributed by atoms with Gasteiger partial charge >= 0.3 is 12.0 Å². The lowest BCUT2D eigenvalue weighted by Crippen LogP contribution is -2.56. The van der Waals surface area contributed by atoms with Gasteiger partial charge in [-0.25, -0.2) is 4.79 Å². The van der Waals surface area contributed by atoms with Crippen LogP contribution in [0.5, 0.6) is 0 Å². The van der Waals surface area contributed by atoms with Gasteiger partial charge in [0, 0.05) is 37.8 Å². The number of rotatable bonds is 5. The molecular formula is C13H26N4O3. The Bertz CT molecular complexity index is 360. The molecule has 1 rings (SSSR count). The number of nitrogens with one attached hydrogen (secondary N) is 2. The number of aliphatic carboxylic acids is 1. The number of hydrogen-bond acceptors (Lipinski definition) is 4. The highest BCUT2D eigenvalue weighted by molar-refractivity contribution is 5.76. The summed E-state index contributed by atoms with van der Waals surface area (Å²) >= 11 is 0. The number of piperazine rings is 1. The molecule has 0 aliphatic carbocycles. The number of nitrogens with zero attached hydrogens (tertiary/aromatic N) is 2. The second-order valence-electron chi connectivity index (χ2n) is 6.19. The summed E-state index contributed by atoms with van der Waals surface area (Å²) < 4.78 is 0. The maximum atomic E-state index is 11.8. The summed E-state index contributed by atoms with van der Waals surface area (Å²) in [4.78, 5) is 27.0. The van der Waals surface area contributed by atoms with Crippen molar-refractivity contribution in [1.82, 2.24) is 20.4 Å². The molecule has 0 bridgehead atoms. The summed E-state index contributed by atoms with van der Waals surface area (Å²) in [6, 6.07) is -0.0417. The van der Waals surface area contributed by atoms with E-state index in [-0.39, 0.29) is 18.5 Å². The van der Waals surface area contributed by atoms with Gasteiger partial charge in [0.25, 0.3) is 0 Å². The Balaban J connectivity index is 2.37. The zero-order valence-electron chi connectivity index (χ0n) is 12.8. The molecule has 0 aromatic rings. The SMILES string of the molecule is CN1CCN(C)C(CNC(=O)NC(C)(C)CC(=O)O)C1. The van der Waals surface area contributed by atoms with Crippen LogP contribution >= 0.6 is 0 Å². The number of likely N-dealkylation sites (N-methyl/N-ethyl adjacent to an activating group) is 2. The first-order valence-corrected chi connectivity index (χ1v) is 6.86. The smallest absolute Gasteiger partial charge is 0.315 e. The van der Waals surface area contributed by atoms with Gasteiger partial charge < -0.3 is 20.6 Å². The summed E-state index contributed by atoms with van der Waals surface area (Å²) in [7, 11) is 4.11. The lowest BCUT2D eigenvalue weighted by atomic mass is 10.0. The van der Waals surface area contributed by atoms with Crippen molar-refractivity contribution >= 4 is 12.0 Å². The molecule has 0 spiro atoms. The van der Waals surface area contributed by atoms with Crippen LogP contribution < -0.4 is 10.6 Å². The number of carbonyl (C=O) groups excluding carboxylic acids is 1. The monoisotopic (exact) mass is 286 g/mol. The Morgan fingerprint density at radius 3 is 2.55 bits per heavy atom. The van der Waals surface area contributed by atoms with Crippen LogP contribution in [-0.2, 0) is 4.79 Å². The summed E-state index contributed by atoms with van der Waals surface area (Å²) in [5.74, 6) is -0.927. The molecule has 1 unspecified atom stereocenters. The van der Waals surface area contributed by atoms with Crippen LogP contribution in [0.3, 0.4) is 0 Å². The van der Waals surface area contributed by atoms with Crippen LogP contribution in [0.15, 0.2) is 0 Å². The average Bonchev–Trinajstić information content (AvgIpc) is 2.27. The van der Waals surface area contributed by atoms with Crippen molar-refractivity contribution in [1.29, 1.82) is 0 Å². The van der Waals surface area contributed by atoms with Crippen molar-refractivity contribution in [2.45, 2.75) is 31.8 Å². The van der Waals surface area contributed by atoms with E-state index < -0.39 is 11.5 Å². The predicted octanol–water partition coefficient (Wildman–Crippen LogP) is -0.215. The van der Waals surface area contributed by atoms with Crippen LogP contribution in [0.1, 0.15) is 20.3 Å². The molecule has 0 aromatic heterocycles. The molecule has 0 aromatic carbocycles. The molecular weight excluding hydrogens is 260 g/mol. The summed E-state index contributed by atoms with van der Waals surface area (Å²) in [6.45, 7) is 6.87. The first-order chi connectivity index (χ1) is 9.19. The second kappa shape index (κ2) is 6.90. The highest BCUT2D eigenvalue weighted by Gasteiger charge is 2.26. The van der Waals surface area contributed by atoms with E-state index >= 15 is 0 Å². The normalized spacial score (nSPS) is 21.5. The highest BCUT2D eigenvalue weighted by atomic mass is 16.4. The van der Waals surface area contributed by atoms with Crippen molar-refractivity contribution in [3.05, 3.63) is 0 Å². The molecule has 7 heteroatoms. The van der Waals surface area contributed by atoms with E-state index in [0.29, 0.717) is 6.54 Å². The Kier molecular flexibility index (Phi) is 5.76. The lowest BCUT2D eigenvalue weighted by molar-refractivity contribution is -0.138. The molecule has 1 saturated heterocycles. The minimum Gasteiger partial charge on any atom is -0.481 e. The maximum Gasteiger partial charge on any atom is 0.315 e. The fourth-order valence-corrected chi connectivity index (χ4v) is 2.31. The summed E-state index contributed by atoms with van der Waals surface area (Å²) in [6.07, 6.45) is -0.105. The van der Waals surface area contributed by atoms with Gasteiger partial charge in [-0.05, 0) is 27.9 Å². The Morgan fingerprint density at radius 2 is 1.95 bits per heavy atom. The van der Waals surface area contributed by atoms with Crippen molar-refractivity contribution in [3.8, 4) is 0 Å². The molecule has 116 valence electrons. The van der Waals surface area contributed by atoms with Crippen LogP contribution in [0.2, 0.25) is 0 Å². The Labute approximate surface area is 120 Å². The number of carboxylic acid groups (broad SMARTS) is 1. The topological polar surface area (TPSA) is 84.9 Å². The third-order valence-electron chi connectivity index (χ3n) is 3.52. The van der Waals surface area contributed by atoms with E-state index in [0.717, 1.165) is 19.6 Å². The number of carboxylic acids is 1. The van der Waals surface area contributed by atoms with E-state index in [1.807, 2.05) is 7.05 Å². The third-order valence-corrected chi connectivity index (χ3v) is 3.52. The van der Waals surface area contributed by atoms with Gasteiger partial charge in [-0.3, -0.25) is 9.69 Å². The third kappa shape index (κ3) is 5.75. The molecule has 1 aliphatic rings. The highest BCUT2D eigenvalue weighted by Crippen LogP contribution is 2.08. The lowest BCUT2D eigenvalue weighted by Gasteiger charge is -2.37. The molecule has 1 heterocycles. The summed E-state index contributed by atoms with van der Waals surface area (Å²) in [5.41, 5.74) is -0.759. The van der Waals surface area contributed by atoms with E-state index in [1.165, 1.54) is 0 Å². The van der Waals surface area contributed by atoms with Gasteiger partial charge in [0.15, 0.2) is 0 Å². The number of hydrogen-bond donors (Lipinski definition) is 3. The first-order valence-electron chi connectivity index (χ1n) is 6.86. The minimum atomic E-state index is -0.927. The van der Waals surface area contributed by atoms with Gasteiger partial charge in [0.1, 0.15) is 0 Å². The van der Waals surface area contributed by atoms with Crippen molar-refractivity contribution < 1.29 is 14.7 Å². The zero-order chi connectivity index (χ0) is 15.3. The molecule has 1 atom stereocenters.